The number of nitrogens with one attached hydrogen (secondary N) is 1. The number of nitrogens with zero attached hydrogens (tertiary/aromatic N) is 2. The minimum Gasteiger partial charge on any atom is -0.322 e. The topological polar surface area (TPSA) is 86.8 Å². The van der Waals surface area contributed by atoms with Gasteiger partial charge in [-0.3, -0.25) is 9.59 Å². The first-order chi connectivity index (χ1) is 13.2. The molecule has 0 unspecified atom stereocenters. The fourth-order valence-electron chi connectivity index (χ4n) is 2.92. The molecule has 0 aromatic heterocycles. The number of rotatable bonds is 5. The van der Waals surface area contributed by atoms with Crippen molar-refractivity contribution in [3.8, 4) is 0 Å². The lowest BCUT2D eigenvalue weighted by Crippen LogP contribution is -2.24. The average Bonchev–Trinajstić information content (AvgIpc) is 3.08. The van der Waals surface area contributed by atoms with Gasteiger partial charge in [0.2, 0.25) is 15.9 Å². The van der Waals surface area contributed by atoms with Crippen molar-refractivity contribution >= 4 is 33.2 Å². The van der Waals surface area contributed by atoms with Crippen LogP contribution in [0.1, 0.15) is 23.2 Å². The molecule has 1 saturated heterocycles. The Morgan fingerprint density at radius 1 is 1.18 bits per heavy atom. The van der Waals surface area contributed by atoms with Crippen LogP contribution in [0.15, 0.2) is 47.4 Å². The number of sulfonamides is 1. The predicted octanol–water partition coefficient (Wildman–Crippen LogP) is 2.46. The first kappa shape index (κ1) is 20.0. The second kappa shape index (κ2) is 7.69. The summed E-state index contributed by atoms with van der Waals surface area (Å²) in [7, 11) is -1.10. The summed E-state index contributed by atoms with van der Waals surface area (Å²) in [5.74, 6) is -1.60. The highest BCUT2D eigenvalue weighted by Crippen LogP contribution is 2.25. The van der Waals surface area contributed by atoms with E-state index in [1.54, 1.807) is 29.2 Å². The molecular weight excluding hydrogens is 385 g/mol. The lowest BCUT2D eigenvalue weighted by Gasteiger charge is -2.17. The minimum absolute atomic E-state index is 0.0103. The van der Waals surface area contributed by atoms with Crippen LogP contribution in [0.2, 0.25) is 0 Å². The second-order valence-electron chi connectivity index (χ2n) is 6.58. The summed E-state index contributed by atoms with van der Waals surface area (Å²) < 4.78 is 39.6. The Labute approximate surface area is 162 Å². The summed E-state index contributed by atoms with van der Waals surface area (Å²) in [5.41, 5.74) is 0.637. The minimum atomic E-state index is -3.80. The summed E-state index contributed by atoms with van der Waals surface area (Å²) in [6.45, 7) is 0.606. The smallest absolute Gasteiger partial charge is 0.258 e. The van der Waals surface area contributed by atoms with Crippen LogP contribution in [0.25, 0.3) is 0 Å². The van der Waals surface area contributed by atoms with Gasteiger partial charge in [-0.1, -0.05) is 6.07 Å². The lowest BCUT2D eigenvalue weighted by atomic mass is 10.2. The molecule has 7 nitrogen and oxygen atoms in total. The van der Waals surface area contributed by atoms with Gasteiger partial charge in [0.25, 0.3) is 5.91 Å². The van der Waals surface area contributed by atoms with Gasteiger partial charge < -0.3 is 10.2 Å². The maximum absolute atomic E-state index is 14.2. The molecule has 2 aromatic rings. The van der Waals surface area contributed by atoms with Crippen molar-refractivity contribution in [2.45, 2.75) is 17.7 Å². The van der Waals surface area contributed by atoms with E-state index in [0.29, 0.717) is 24.3 Å². The maximum Gasteiger partial charge on any atom is 0.258 e. The Bertz CT molecular complexity index is 1040. The zero-order valence-corrected chi connectivity index (χ0v) is 16.3. The fourth-order valence-corrected chi connectivity index (χ4v) is 3.85. The predicted molar refractivity (Wildman–Crippen MR) is 103 cm³/mol. The molecule has 28 heavy (non-hydrogen) atoms. The molecule has 2 amide bonds. The lowest BCUT2D eigenvalue weighted by molar-refractivity contribution is -0.117. The van der Waals surface area contributed by atoms with E-state index in [1.165, 1.54) is 14.1 Å². The Morgan fingerprint density at radius 3 is 2.57 bits per heavy atom. The Hall–Kier alpha value is -2.78. The van der Waals surface area contributed by atoms with Crippen LogP contribution in [-0.4, -0.2) is 45.2 Å². The molecule has 2 aromatic carbocycles. The van der Waals surface area contributed by atoms with E-state index >= 15 is 0 Å². The third-order valence-electron chi connectivity index (χ3n) is 4.45. The van der Waals surface area contributed by atoms with Gasteiger partial charge in [0, 0.05) is 38.4 Å². The van der Waals surface area contributed by atoms with E-state index in [9.17, 15) is 22.4 Å². The standard InChI is InChI=1S/C19H20FN3O4S/c1-22(2)28(26,27)15-8-9-17(20)16(12-15)19(25)21-13-5-3-6-14(11-13)23-10-4-7-18(23)24/h3,5-6,8-9,11-12H,4,7,10H2,1-2H3,(H,21,25). The van der Waals surface area contributed by atoms with Crippen LogP contribution < -0.4 is 10.2 Å². The van der Waals surface area contributed by atoms with Gasteiger partial charge >= 0.3 is 0 Å². The van der Waals surface area contributed by atoms with E-state index < -0.39 is 21.7 Å². The van der Waals surface area contributed by atoms with Crippen molar-refractivity contribution in [3.05, 3.63) is 53.8 Å². The normalized spacial score (nSPS) is 14.6. The molecule has 0 saturated carbocycles. The van der Waals surface area contributed by atoms with Crippen LogP contribution in [0.3, 0.4) is 0 Å². The van der Waals surface area contributed by atoms with E-state index in [4.69, 9.17) is 0 Å². The van der Waals surface area contributed by atoms with Crippen LogP contribution in [0.4, 0.5) is 15.8 Å². The molecule has 1 aliphatic heterocycles. The van der Waals surface area contributed by atoms with Gasteiger partial charge in [0.05, 0.1) is 10.5 Å². The number of hydrogen-bond donors (Lipinski definition) is 1. The van der Waals surface area contributed by atoms with Crippen LogP contribution >= 0.6 is 0 Å². The highest BCUT2D eigenvalue weighted by atomic mass is 32.2. The fraction of sp³-hybridized carbons (Fsp3) is 0.263. The summed E-state index contributed by atoms with van der Waals surface area (Å²) in [5, 5.41) is 2.56. The largest absolute Gasteiger partial charge is 0.322 e. The van der Waals surface area contributed by atoms with Gasteiger partial charge in [-0.25, -0.2) is 17.1 Å². The molecule has 1 heterocycles. The SMILES string of the molecule is CN(C)S(=O)(=O)c1ccc(F)c(C(=O)Nc2cccc(N3CCCC3=O)c2)c1. The number of benzene rings is 2. The number of hydrogen-bond acceptors (Lipinski definition) is 4. The van der Waals surface area contributed by atoms with Crippen molar-refractivity contribution in [1.29, 1.82) is 0 Å². The van der Waals surface area contributed by atoms with Crippen LogP contribution in [-0.2, 0) is 14.8 Å². The van der Waals surface area contributed by atoms with Gasteiger partial charge in [0.1, 0.15) is 5.82 Å². The summed E-state index contributed by atoms with van der Waals surface area (Å²) in [4.78, 5) is 25.9. The highest BCUT2D eigenvalue weighted by molar-refractivity contribution is 7.89. The van der Waals surface area contributed by atoms with Gasteiger partial charge in [-0.2, -0.15) is 0 Å². The van der Waals surface area contributed by atoms with Gasteiger partial charge in [0.15, 0.2) is 0 Å². The zero-order chi connectivity index (χ0) is 20.5. The molecule has 1 N–H and O–H groups in total. The van der Waals surface area contributed by atoms with E-state index in [2.05, 4.69) is 5.32 Å². The number of halogens is 1. The highest BCUT2D eigenvalue weighted by Gasteiger charge is 2.23. The molecule has 148 valence electrons. The van der Waals surface area contributed by atoms with Crippen LogP contribution in [0.5, 0.6) is 0 Å². The first-order valence-electron chi connectivity index (χ1n) is 8.64. The average molecular weight is 405 g/mol. The zero-order valence-electron chi connectivity index (χ0n) is 15.5. The molecule has 0 aliphatic carbocycles. The molecule has 9 heteroatoms. The quantitative estimate of drug-likeness (QED) is 0.828. The Balaban J connectivity index is 1.87. The number of anilines is 2. The molecule has 1 aliphatic rings. The summed E-state index contributed by atoms with van der Waals surface area (Å²) in [6, 6.07) is 9.74. The third kappa shape index (κ3) is 3.90. The first-order valence-corrected chi connectivity index (χ1v) is 10.1. The number of carbonyl (C=O) groups is 2. The summed E-state index contributed by atoms with van der Waals surface area (Å²) in [6.07, 6.45) is 1.25. The van der Waals surface area contributed by atoms with Gasteiger partial charge in [-0.05, 0) is 42.8 Å². The van der Waals surface area contributed by atoms with Crippen molar-refractivity contribution in [3.63, 3.8) is 0 Å². The molecule has 1 fully saturated rings. The van der Waals surface area contributed by atoms with Crippen molar-refractivity contribution in [1.82, 2.24) is 4.31 Å². The van der Waals surface area contributed by atoms with E-state index in [-0.39, 0.29) is 16.4 Å². The molecule has 0 spiro atoms. The molecule has 0 radical (unpaired) electrons. The molecule has 3 rings (SSSR count). The van der Waals surface area contributed by atoms with Crippen molar-refractivity contribution in [2.24, 2.45) is 0 Å². The Kier molecular flexibility index (Phi) is 5.48. The van der Waals surface area contributed by atoms with Crippen molar-refractivity contribution < 1.29 is 22.4 Å². The molecule has 0 bridgehead atoms. The maximum atomic E-state index is 14.2. The Morgan fingerprint density at radius 2 is 1.93 bits per heavy atom. The number of amides is 2. The number of carbonyl (C=O) groups excluding carboxylic acids is 2. The van der Waals surface area contributed by atoms with E-state index in [0.717, 1.165) is 28.9 Å². The van der Waals surface area contributed by atoms with Crippen LogP contribution in [0, 0.1) is 5.82 Å². The van der Waals surface area contributed by atoms with Gasteiger partial charge in [-0.15, -0.1) is 0 Å². The summed E-state index contributed by atoms with van der Waals surface area (Å²) >= 11 is 0. The third-order valence-corrected chi connectivity index (χ3v) is 6.26. The molecule has 0 atom stereocenters. The monoisotopic (exact) mass is 405 g/mol. The van der Waals surface area contributed by atoms with Crippen molar-refractivity contribution in [2.75, 3.05) is 30.9 Å². The molecular formula is C19H20FN3O4S. The second-order valence-corrected chi connectivity index (χ2v) is 8.73. The van der Waals surface area contributed by atoms with E-state index in [1.807, 2.05) is 0 Å².